The average molecular weight is 208 g/mol. The topological polar surface area (TPSA) is 49.4 Å². The molecule has 82 valence electrons. The van der Waals surface area contributed by atoms with Crippen LogP contribution in [-0.4, -0.2) is 35.8 Å². The Kier molecular flexibility index (Phi) is 3.16. The van der Waals surface area contributed by atoms with Crippen molar-refractivity contribution in [1.29, 1.82) is 0 Å². The van der Waals surface area contributed by atoms with Gasteiger partial charge in [0.1, 0.15) is 0 Å². The number of piperidine rings is 1. The molecule has 0 spiro atoms. The number of hydrogen-bond donors (Lipinski definition) is 1. The third-order valence-electron chi connectivity index (χ3n) is 3.01. The van der Waals surface area contributed by atoms with Crippen LogP contribution in [0.25, 0.3) is 0 Å². The Bertz CT molecular complexity index is 275. The molecule has 2 heterocycles. The fourth-order valence-corrected chi connectivity index (χ4v) is 2.11. The van der Waals surface area contributed by atoms with Gasteiger partial charge in [-0.1, -0.05) is 6.42 Å². The first-order valence-corrected chi connectivity index (χ1v) is 5.54. The number of hydrogen-bond acceptors (Lipinski definition) is 3. The van der Waals surface area contributed by atoms with Crippen LogP contribution in [0.5, 0.6) is 0 Å². The van der Waals surface area contributed by atoms with Gasteiger partial charge in [0.25, 0.3) is 11.8 Å². The minimum Gasteiger partial charge on any atom is -0.314 e. The lowest BCUT2D eigenvalue weighted by Crippen LogP contribution is -2.39. The maximum atomic E-state index is 11.3. The van der Waals surface area contributed by atoms with Crippen LogP contribution in [0.15, 0.2) is 12.2 Å². The van der Waals surface area contributed by atoms with E-state index in [-0.39, 0.29) is 11.8 Å². The highest BCUT2D eigenvalue weighted by molar-refractivity contribution is 6.12. The number of nitrogens with one attached hydrogen (secondary N) is 1. The largest absolute Gasteiger partial charge is 0.314 e. The van der Waals surface area contributed by atoms with Gasteiger partial charge in [-0.25, -0.2) is 0 Å². The highest BCUT2D eigenvalue weighted by Crippen LogP contribution is 2.12. The number of rotatable bonds is 3. The minimum atomic E-state index is -0.171. The van der Waals surface area contributed by atoms with Crippen molar-refractivity contribution in [3.63, 3.8) is 0 Å². The predicted octanol–water partition coefficient (Wildman–Crippen LogP) is 0.444. The maximum absolute atomic E-state index is 11.3. The Hall–Kier alpha value is -1.16. The first-order chi connectivity index (χ1) is 7.27. The van der Waals surface area contributed by atoms with Gasteiger partial charge in [-0.2, -0.15) is 0 Å². The molecule has 0 radical (unpaired) electrons. The number of nitrogens with zero attached hydrogens (tertiary/aromatic N) is 1. The lowest BCUT2D eigenvalue weighted by molar-refractivity contribution is -0.136. The van der Waals surface area contributed by atoms with E-state index in [0.29, 0.717) is 12.6 Å². The second-order valence-electron chi connectivity index (χ2n) is 4.10. The van der Waals surface area contributed by atoms with E-state index in [9.17, 15) is 9.59 Å². The van der Waals surface area contributed by atoms with Crippen LogP contribution in [0.2, 0.25) is 0 Å². The van der Waals surface area contributed by atoms with Gasteiger partial charge in [-0.3, -0.25) is 14.5 Å². The van der Waals surface area contributed by atoms with Crippen molar-refractivity contribution in [3.05, 3.63) is 12.2 Å². The Morgan fingerprint density at radius 1 is 1.27 bits per heavy atom. The van der Waals surface area contributed by atoms with E-state index >= 15 is 0 Å². The van der Waals surface area contributed by atoms with E-state index < -0.39 is 0 Å². The van der Waals surface area contributed by atoms with Gasteiger partial charge in [-0.15, -0.1) is 0 Å². The SMILES string of the molecule is O=C1C=CC(=O)N1CCC1CCCCN1. The van der Waals surface area contributed by atoms with Crippen LogP contribution in [0.1, 0.15) is 25.7 Å². The van der Waals surface area contributed by atoms with E-state index in [4.69, 9.17) is 0 Å². The fourth-order valence-electron chi connectivity index (χ4n) is 2.11. The molecule has 4 nitrogen and oxygen atoms in total. The molecule has 1 N–H and O–H groups in total. The molecule has 2 rings (SSSR count). The molecule has 2 amide bonds. The monoisotopic (exact) mass is 208 g/mol. The van der Waals surface area contributed by atoms with E-state index in [0.717, 1.165) is 19.4 Å². The van der Waals surface area contributed by atoms with Crippen LogP contribution < -0.4 is 5.32 Å². The highest BCUT2D eigenvalue weighted by atomic mass is 16.2. The summed E-state index contributed by atoms with van der Waals surface area (Å²) in [6.45, 7) is 1.60. The van der Waals surface area contributed by atoms with Crippen LogP contribution >= 0.6 is 0 Å². The van der Waals surface area contributed by atoms with Crippen molar-refractivity contribution in [3.8, 4) is 0 Å². The molecule has 0 bridgehead atoms. The zero-order chi connectivity index (χ0) is 10.7. The van der Waals surface area contributed by atoms with Crippen LogP contribution in [0.3, 0.4) is 0 Å². The lowest BCUT2D eigenvalue weighted by atomic mass is 10.0. The number of imide groups is 1. The standard InChI is InChI=1S/C11H16N2O2/c14-10-4-5-11(15)13(10)8-6-9-3-1-2-7-12-9/h4-5,9,12H,1-3,6-8H2. The summed E-state index contributed by atoms with van der Waals surface area (Å²) in [5, 5.41) is 3.40. The Morgan fingerprint density at radius 3 is 2.60 bits per heavy atom. The number of carbonyl (C=O) groups excluding carboxylic acids is 2. The lowest BCUT2D eigenvalue weighted by Gasteiger charge is -2.25. The molecule has 1 unspecified atom stereocenters. The third kappa shape index (κ3) is 2.45. The van der Waals surface area contributed by atoms with Crippen molar-refractivity contribution in [2.45, 2.75) is 31.7 Å². The summed E-state index contributed by atoms with van der Waals surface area (Å²) in [5.41, 5.74) is 0. The van der Waals surface area contributed by atoms with Crippen molar-refractivity contribution >= 4 is 11.8 Å². The van der Waals surface area contributed by atoms with Gasteiger partial charge < -0.3 is 5.32 Å². The van der Waals surface area contributed by atoms with Gasteiger partial charge in [0.15, 0.2) is 0 Å². The molecule has 2 aliphatic heterocycles. The zero-order valence-electron chi connectivity index (χ0n) is 8.74. The van der Waals surface area contributed by atoms with E-state index in [1.165, 1.54) is 29.9 Å². The summed E-state index contributed by atoms with van der Waals surface area (Å²) in [4.78, 5) is 23.8. The van der Waals surface area contributed by atoms with Crippen molar-refractivity contribution in [2.75, 3.05) is 13.1 Å². The second kappa shape index (κ2) is 4.57. The molecule has 2 aliphatic rings. The van der Waals surface area contributed by atoms with Gasteiger partial charge >= 0.3 is 0 Å². The average Bonchev–Trinajstić information content (AvgIpc) is 2.58. The molecular weight excluding hydrogens is 192 g/mol. The van der Waals surface area contributed by atoms with Crippen molar-refractivity contribution in [2.24, 2.45) is 0 Å². The van der Waals surface area contributed by atoms with E-state index in [1.54, 1.807) is 0 Å². The molecule has 0 aromatic rings. The summed E-state index contributed by atoms with van der Waals surface area (Å²) in [6, 6.07) is 0.472. The Labute approximate surface area is 89.3 Å². The minimum absolute atomic E-state index is 0.171. The number of amides is 2. The van der Waals surface area contributed by atoms with Crippen LogP contribution in [0, 0.1) is 0 Å². The highest BCUT2D eigenvalue weighted by Gasteiger charge is 2.24. The summed E-state index contributed by atoms with van der Waals surface area (Å²) >= 11 is 0. The van der Waals surface area contributed by atoms with Crippen molar-refractivity contribution in [1.82, 2.24) is 10.2 Å². The third-order valence-corrected chi connectivity index (χ3v) is 3.01. The predicted molar refractivity (Wildman–Crippen MR) is 56.1 cm³/mol. The second-order valence-corrected chi connectivity index (χ2v) is 4.10. The molecule has 15 heavy (non-hydrogen) atoms. The maximum Gasteiger partial charge on any atom is 0.253 e. The van der Waals surface area contributed by atoms with Gasteiger partial charge in [0, 0.05) is 24.7 Å². The molecule has 1 fully saturated rings. The molecule has 4 heteroatoms. The fraction of sp³-hybridized carbons (Fsp3) is 0.636. The Balaban J connectivity index is 1.77. The molecule has 0 aliphatic carbocycles. The van der Waals surface area contributed by atoms with Crippen LogP contribution in [-0.2, 0) is 9.59 Å². The van der Waals surface area contributed by atoms with Gasteiger partial charge in [-0.05, 0) is 25.8 Å². The molecule has 1 saturated heterocycles. The molecule has 0 aromatic heterocycles. The van der Waals surface area contributed by atoms with Gasteiger partial charge in [0.05, 0.1) is 0 Å². The zero-order valence-corrected chi connectivity index (χ0v) is 8.74. The summed E-state index contributed by atoms with van der Waals surface area (Å²) in [5.74, 6) is -0.341. The van der Waals surface area contributed by atoms with E-state index in [1.807, 2.05) is 0 Å². The smallest absolute Gasteiger partial charge is 0.253 e. The quantitative estimate of drug-likeness (QED) is 0.685. The van der Waals surface area contributed by atoms with Crippen molar-refractivity contribution < 1.29 is 9.59 Å². The first kappa shape index (κ1) is 10.4. The summed E-state index contributed by atoms with van der Waals surface area (Å²) < 4.78 is 0. The van der Waals surface area contributed by atoms with Gasteiger partial charge in [0.2, 0.25) is 0 Å². The summed E-state index contributed by atoms with van der Waals surface area (Å²) in [7, 11) is 0. The molecule has 0 aromatic carbocycles. The molecule has 1 atom stereocenters. The molecule has 0 saturated carbocycles. The Morgan fingerprint density at radius 2 is 2.00 bits per heavy atom. The first-order valence-electron chi connectivity index (χ1n) is 5.54. The number of carbonyl (C=O) groups is 2. The normalized spacial score (nSPS) is 26.4. The van der Waals surface area contributed by atoms with E-state index in [2.05, 4.69) is 5.32 Å². The van der Waals surface area contributed by atoms with Crippen LogP contribution in [0.4, 0.5) is 0 Å². The summed E-state index contributed by atoms with van der Waals surface area (Å²) in [6.07, 6.45) is 7.20. The molecular formula is C11H16N2O2.